The first kappa shape index (κ1) is 23.3. The Balaban J connectivity index is 1.94. The Bertz CT molecular complexity index is 1020. The van der Waals surface area contributed by atoms with Crippen LogP contribution in [0.4, 0.5) is 17.6 Å². The van der Waals surface area contributed by atoms with Crippen molar-refractivity contribution in [3.63, 3.8) is 0 Å². The Morgan fingerprint density at radius 3 is 2.42 bits per heavy atom. The monoisotopic (exact) mass is 477 g/mol. The largest absolute Gasteiger partial charge is 0.464 e. The van der Waals surface area contributed by atoms with Gasteiger partial charge in [0.25, 0.3) is 5.60 Å². The minimum atomic E-state index is -4.82. The molecule has 0 spiro atoms. The molecule has 3 rings (SSSR count). The third kappa shape index (κ3) is 4.50. The fourth-order valence-corrected chi connectivity index (χ4v) is 3.85. The lowest BCUT2D eigenvalue weighted by Crippen LogP contribution is -2.42. The summed E-state index contributed by atoms with van der Waals surface area (Å²) in [5.41, 5.74) is -2.32. The number of ether oxygens (including phenoxy) is 1. The van der Waals surface area contributed by atoms with E-state index in [0.29, 0.717) is 11.1 Å². The van der Waals surface area contributed by atoms with Gasteiger partial charge in [-0.1, -0.05) is 40.5 Å². The quantitative estimate of drug-likeness (QED) is 0.366. The lowest BCUT2D eigenvalue weighted by atomic mass is 9.86. The summed E-state index contributed by atoms with van der Waals surface area (Å²) in [6, 6.07) is 7.71. The van der Waals surface area contributed by atoms with Crippen molar-refractivity contribution in [3.8, 4) is 0 Å². The molecule has 2 unspecified atom stereocenters. The molecule has 31 heavy (non-hydrogen) atoms. The molecule has 2 atom stereocenters. The zero-order valence-electron chi connectivity index (χ0n) is 16.4. The second kappa shape index (κ2) is 8.67. The van der Waals surface area contributed by atoms with Crippen LogP contribution in [0.5, 0.6) is 0 Å². The van der Waals surface area contributed by atoms with Crippen LogP contribution >= 0.6 is 23.2 Å². The van der Waals surface area contributed by atoms with Gasteiger partial charge < -0.3 is 9.57 Å². The minimum Gasteiger partial charge on any atom is -0.464 e. The highest BCUT2D eigenvalue weighted by Crippen LogP contribution is 2.49. The third-order valence-electron chi connectivity index (χ3n) is 4.88. The normalized spacial score (nSPS) is 19.5. The molecule has 1 aliphatic heterocycles. The van der Waals surface area contributed by atoms with E-state index < -0.39 is 30.3 Å². The van der Waals surface area contributed by atoms with Gasteiger partial charge in [-0.3, -0.25) is 0 Å². The van der Waals surface area contributed by atoms with Gasteiger partial charge in [0.15, 0.2) is 0 Å². The predicted molar refractivity (Wildman–Crippen MR) is 108 cm³/mol. The number of rotatable bonds is 5. The Morgan fingerprint density at radius 2 is 1.87 bits per heavy atom. The van der Waals surface area contributed by atoms with Crippen molar-refractivity contribution >= 4 is 34.9 Å². The van der Waals surface area contributed by atoms with Gasteiger partial charge in [-0.05, 0) is 49.2 Å². The second-order valence-electron chi connectivity index (χ2n) is 6.97. The maximum Gasteiger partial charge on any atom is 0.435 e. The van der Waals surface area contributed by atoms with Gasteiger partial charge in [-0.25, -0.2) is 9.18 Å². The number of alkyl halides is 4. The lowest BCUT2D eigenvalue weighted by molar-refractivity contribution is -0.275. The number of aryl methyl sites for hydroxylation is 1. The maximum absolute atomic E-state index is 14.4. The average molecular weight is 478 g/mol. The van der Waals surface area contributed by atoms with Gasteiger partial charge in [0.2, 0.25) is 6.17 Å². The molecule has 0 bridgehead atoms. The summed E-state index contributed by atoms with van der Waals surface area (Å²) in [5.74, 6) is -1.03. The van der Waals surface area contributed by atoms with Gasteiger partial charge in [0.05, 0.1) is 12.3 Å². The molecular formula is C21H17Cl2F4NO3. The molecule has 0 saturated carbocycles. The molecule has 166 valence electrons. The van der Waals surface area contributed by atoms with Crippen molar-refractivity contribution in [3.05, 3.63) is 68.7 Å². The third-order valence-corrected chi connectivity index (χ3v) is 5.32. The topological polar surface area (TPSA) is 47.9 Å². The van der Waals surface area contributed by atoms with Gasteiger partial charge in [-0.15, -0.1) is 0 Å². The van der Waals surface area contributed by atoms with E-state index in [4.69, 9.17) is 28.0 Å². The summed E-state index contributed by atoms with van der Waals surface area (Å²) in [7, 11) is 0. The number of carbonyl (C=O) groups is 1. The van der Waals surface area contributed by atoms with Crippen molar-refractivity contribution < 1.29 is 31.9 Å². The van der Waals surface area contributed by atoms with Crippen LogP contribution in [0.3, 0.4) is 0 Å². The summed E-state index contributed by atoms with van der Waals surface area (Å²) >= 11 is 11.8. The Hall–Kier alpha value is -2.32. The molecule has 1 aliphatic rings. The van der Waals surface area contributed by atoms with Crippen molar-refractivity contribution in [2.45, 2.75) is 38.2 Å². The van der Waals surface area contributed by atoms with E-state index in [1.54, 1.807) is 6.92 Å². The number of hydrogen-bond acceptors (Lipinski definition) is 4. The van der Waals surface area contributed by atoms with Crippen molar-refractivity contribution in [1.82, 2.24) is 0 Å². The molecule has 0 aliphatic carbocycles. The van der Waals surface area contributed by atoms with Gasteiger partial charge in [0, 0.05) is 27.6 Å². The smallest absolute Gasteiger partial charge is 0.435 e. The second-order valence-corrected chi connectivity index (χ2v) is 7.85. The first-order valence-corrected chi connectivity index (χ1v) is 9.94. The molecule has 0 saturated heterocycles. The van der Waals surface area contributed by atoms with Crippen molar-refractivity contribution in [2.75, 3.05) is 6.61 Å². The molecule has 2 aromatic carbocycles. The van der Waals surface area contributed by atoms with E-state index in [1.165, 1.54) is 31.2 Å². The van der Waals surface area contributed by atoms with Crippen LogP contribution in [0.25, 0.3) is 0 Å². The molecule has 0 N–H and O–H groups in total. The number of nitrogens with zero attached hydrogens (tertiary/aromatic N) is 1. The fourth-order valence-electron chi connectivity index (χ4n) is 3.33. The molecule has 0 aromatic heterocycles. The number of benzene rings is 2. The molecule has 2 aromatic rings. The van der Waals surface area contributed by atoms with E-state index in [-0.39, 0.29) is 33.5 Å². The van der Waals surface area contributed by atoms with Gasteiger partial charge in [0.1, 0.15) is 0 Å². The maximum atomic E-state index is 14.4. The van der Waals surface area contributed by atoms with Crippen LogP contribution < -0.4 is 0 Å². The van der Waals surface area contributed by atoms with E-state index in [1.807, 2.05) is 0 Å². The fraction of sp³-hybridized carbons (Fsp3) is 0.333. The summed E-state index contributed by atoms with van der Waals surface area (Å²) in [4.78, 5) is 16.6. The lowest BCUT2D eigenvalue weighted by Gasteiger charge is -2.29. The molecule has 4 nitrogen and oxygen atoms in total. The molecule has 0 fully saturated rings. The molecule has 0 amide bonds. The summed E-state index contributed by atoms with van der Waals surface area (Å²) in [6.07, 6.45) is -7.46. The number of halogens is 6. The highest BCUT2D eigenvalue weighted by Gasteiger charge is 2.62. The molecule has 1 heterocycles. The van der Waals surface area contributed by atoms with Gasteiger partial charge >= 0.3 is 12.1 Å². The highest BCUT2D eigenvalue weighted by atomic mass is 35.5. The average Bonchev–Trinajstić information content (AvgIpc) is 3.14. The standard InChI is InChI=1S/C21H17Cl2F4NO3/c1-3-30-19(29)18(24)16-5-4-12(6-11(16)2)17-10-20(31-28-17,21(25,26)27)13-7-14(22)9-15(23)8-13/h4-9,18H,3,10H2,1-2H3. The van der Waals surface area contributed by atoms with Crippen LogP contribution in [0.1, 0.15) is 41.8 Å². The number of esters is 1. The summed E-state index contributed by atoms with van der Waals surface area (Å²) in [5, 5.41) is 3.72. The van der Waals surface area contributed by atoms with Crippen LogP contribution in [0.15, 0.2) is 41.6 Å². The molecule has 0 radical (unpaired) electrons. The van der Waals surface area contributed by atoms with E-state index in [0.717, 1.165) is 12.1 Å². The van der Waals surface area contributed by atoms with Crippen LogP contribution in [0.2, 0.25) is 10.0 Å². The Kier molecular flexibility index (Phi) is 6.53. The van der Waals surface area contributed by atoms with E-state index >= 15 is 0 Å². The SMILES string of the molecule is CCOC(=O)C(F)c1ccc(C2=NOC(c3cc(Cl)cc(Cl)c3)(C(F)(F)F)C2)cc1C. The number of hydrogen-bond donors (Lipinski definition) is 0. The highest BCUT2D eigenvalue weighted by molar-refractivity contribution is 6.34. The first-order valence-electron chi connectivity index (χ1n) is 9.18. The Morgan fingerprint density at radius 1 is 1.23 bits per heavy atom. The number of carbonyl (C=O) groups excluding carboxylic acids is 1. The van der Waals surface area contributed by atoms with Crippen LogP contribution in [0, 0.1) is 6.92 Å². The first-order chi connectivity index (χ1) is 14.5. The zero-order valence-corrected chi connectivity index (χ0v) is 17.9. The van der Waals surface area contributed by atoms with Crippen LogP contribution in [-0.4, -0.2) is 24.5 Å². The van der Waals surface area contributed by atoms with Crippen molar-refractivity contribution in [1.29, 1.82) is 0 Å². The Labute approximate surface area is 185 Å². The molecular weight excluding hydrogens is 461 g/mol. The van der Waals surface area contributed by atoms with Crippen LogP contribution in [-0.2, 0) is 20.0 Å². The predicted octanol–water partition coefficient (Wildman–Crippen LogP) is 6.46. The van der Waals surface area contributed by atoms with E-state index in [2.05, 4.69) is 9.89 Å². The van der Waals surface area contributed by atoms with Crippen molar-refractivity contribution in [2.24, 2.45) is 5.16 Å². The van der Waals surface area contributed by atoms with E-state index in [9.17, 15) is 22.4 Å². The molecule has 10 heteroatoms. The minimum absolute atomic E-state index is 0.00890. The zero-order chi connectivity index (χ0) is 23.0. The summed E-state index contributed by atoms with van der Waals surface area (Å²) < 4.78 is 61.3. The summed E-state index contributed by atoms with van der Waals surface area (Å²) in [6.45, 7) is 3.12. The number of oxime groups is 1. The van der Waals surface area contributed by atoms with Gasteiger partial charge in [-0.2, -0.15) is 13.2 Å².